The number of aromatic nitrogens is 3. The Morgan fingerprint density at radius 2 is 2.15 bits per heavy atom. The van der Waals surface area contributed by atoms with Crippen LogP contribution in [0.2, 0.25) is 0 Å². The van der Waals surface area contributed by atoms with E-state index in [9.17, 15) is 13.2 Å². The van der Waals surface area contributed by atoms with E-state index in [-0.39, 0.29) is 26.8 Å². The first-order chi connectivity index (χ1) is 9.38. The number of nitrogens with zero attached hydrogens (tertiary/aromatic N) is 3. The number of nitrogens with two attached hydrogens (primary N) is 1. The third-order valence-corrected chi connectivity index (χ3v) is 4.59. The predicted molar refractivity (Wildman–Crippen MR) is 73.7 cm³/mol. The smallest absolute Gasteiger partial charge is 0.291 e. The maximum atomic E-state index is 12.1. The van der Waals surface area contributed by atoms with Gasteiger partial charge in [-0.2, -0.15) is 8.42 Å². The minimum absolute atomic E-state index is 0.0978. The van der Waals surface area contributed by atoms with Crippen molar-refractivity contribution >= 4 is 43.8 Å². The number of nitrogen functional groups attached to an aromatic ring is 1. The number of anilines is 3. The molecule has 11 heteroatoms. The van der Waals surface area contributed by atoms with Gasteiger partial charge in [0.15, 0.2) is 0 Å². The van der Waals surface area contributed by atoms with Crippen molar-refractivity contribution in [2.45, 2.75) is 11.3 Å². The number of rotatable bonds is 4. The van der Waals surface area contributed by atoms with Gasteiger partial charge in [0.25, 0.3) is 14.4 Å². The quantitative estimate of drug-likeness (QED) is 0.688. The van der Waals surface area contributed by atoms with Crippen LogP contribution in [0.3, 0.4) is 0 Å². The lowest BCUT2D eigenvalue weighted by atomic mass is 10.4. The fraction of sp³-hybridized carbons (Fsp3) is 0.111. The fourth-order valence-corrected chi connectivity index (χ4v) is 3.24. The molecule has 1 amide bonds. The number of hydrogen-bond donors (Lipinski definition) is 3. The summed E-state index contributed by atoms with van der Waals surface area (Å²) in [5.74, 6) is -0.364. The van der Waals surface area contributed by atoms with Gasteiger partial charge in [0.2, 0.25) is 11.0 Å². The van der Waals surface area contributed by atoms with Crippen LogP contribution in [0.25, 0.3) is 0 Å². The molecule has 0 radical (unpaired) electrons. The van der Waals surface area contributed by atoms with Gasteiger partial charge in [-0.05, 0) is 6.07 Å². The lowest BCUT2D eigenvalue weighted by Crippen LogP contribution is -2.14. The molecule has 0 saturated carbocycles. The molecule has 0 bridgehead atoms. The average Bonchev–Trinajstić information content (AvgIpc) is 2.80. The zero-order chi connectivity index (χ0) is 14.8. The number of sulfonamides is 1. The molecule has 0 spiro atoms. The maximum absolute atomic E-state index is 12.1. The molecule has 106 valence electrons. The second-order valence-electron chi connectivity index (χ2n) is 3.62. The molecule has 0 aliphatic rings. The molecule has 0 atom stereocenters. The first-order valence-corrected chi connectivity index (χ1v) is 7.52. The van der Waals surface area contributed by atoms with Crippen LogP contribution in [-0.4, -0.2) is 29.5 Å². The van der Waals surface area contributed by atoms with E-state index < -0.39 is 10.0 Å². The molecule has 2 aromatic heterocycles. The van der Waals surface area contributed by atoms with Gasteiger partial charge in [-0.1, -0.05) is 11.3 Å². The third-order valence-electron chi connectivity index (χ3n) is 2.02. The Kier molecular flexibility index (Phi) is 3.81. The molecule has 0 aromatic carbocycles. The Balaban J connectivity index is 2.25. The summed E-state index contributed by atoms with van der Waals surface area (Å²) in [5.41, 5.74) is 5.97. The topological polar surface area (TPSA) is 140 Å². The molecule has 0 aliphatic carbocycles. The fourth-order valence-electron chi connectivity index (χ4n) is 1.21. The van der Waals surface area contributed by atoms with Crippen molar-refractivity contribution in [1.29, 1.82) is 0 Å². The van der Waals surface area contributed by atoms with Crippen molar-refractivity contribution in [2.24, 2.45) is 0 Å². The highest BCUT2D eigenvalue weighted by molar-refractivity contribution is 7.94. The Hall–Kier alpha value is -2.27. The highest BCUT2D eigenvalue weighted by atomic mass is 32.2. The molecule has 2 rings (SSSR count). The van der Waals surface area contributed by atoms with Crippen LogP contribution in [0.1, 0.15) is 6.92 Å². The Morgan fingerprint density at radius 1 is 1.40 bits per heavy atom. The van der Waals surface area contributed by atoms with Crippen LogP contribution in [0.5, 0.6) is 0 Å². The zero-order valence-corrected chi connectivity index (χ0v) is 11.8. The van der Waals surface area contributed by atoms with Gasteiger partial charge in [0.05, 0.1) is 17.6 Å². The number of amides is 1. The first kappa shape index (κ1) is 14.1. The van der Waals surface area contributed by atoms with Crippen LogP contribution in [0.15, 0.2) is 22.8 Å². The van der Waals surface area contributed by atoms with E-state index in [1.807, 2.05) is 0 Å². The van der Waals surface area contributed by atoms with Crippen LogP contribution in [0, 0.1) is 0 Å². The van der Waals surface area contributed by atoms with Gasteiger partial charge in [-0.25, -0.2) is 0 Å². The van der Waals surface area contributed by atoms with Crippen molar-refractivity contribution < 1.29 is 13.2 Å². The standard InChI is InChI=1S/C9H10N6O3S2/c1-5(16)12-8-13-14-9(19-8)20(17,18)15-7-2-3-11-4-6(7)10/h2-4H,10H2,1H3,(H,11,15)(H,12,13,16). The van der Waals surface area contributed by atoms with E-state index in [0.29, 0.717) is 0 Å². The minimum Gasteiger partial charge on any atom is -0.396 e. The predicted octanol–water partition coefficient (Wildman–Crippen LogP) is 0.274. The maximum Gasteiger partial charge on any atom is 0.291 e. The number of nitrogens with one attached hydrogen (secondary N) is 2. The summed E-state index contributed by atoms with van der Waals surface area (Å²) in [5, 5.41) is 9.52. The number of carbonyl (C=O) groups excluding carboxylic acids is 1. The SMILES string of the molecule is CC(=O)Nc1nnc(S(=O)(=O)Nc2ccncc2N)s1. The monoisotopic (exact) mass is 314 g/mol. The highest BCUT2D eigenvalue weighted by Crippen LogP contribution is 2.24. The summed E-state index contributed by atoms with van der Waals surface area (Å²) in [7, 11) is -3.91. The van der Waals surface area contributed by atoms with Gasteiger partial charge in [0.1, 0.15) is 0 Å². The summed E-state index contributed by atoms with van der Waals surface area (Å²) in [6, 6.07) is 1.42. The second kappa shape index (κ2) is 5.38. The summed E-state index contributed by atoms with van der Waals surface area (Å²) >= 11 is 0.732. The Labute approximate surface area is 118 Å². The third kappa shape index (κ3) is 3.19. The molecule has 2 heterocycles. The van der Waals surface area contributed by atoms with Gasteiger partial charge in [-0.3, -0.25) is 14.5 Å². The molecule has 4 N–H and O–H groups in total. The molecule has 20 heavy (non-hydrogen) atoms. The summed E-state index contributed by atoms with van der Waals surface area (Å²) in [4.78, 5) is 14.6. The average molecular weight is 314 g/mol. The normalized spacial score (nSPS) is 11.1. The molecular formula is C9H10N6O3S2. The number of carbonyl (C=O) groups is 1. The van der Waals surface area contributed by atoms with Crippen LogP contribution < -0.4 is 15.8 Å². The number of hydrogen-bond acceptors (Lipinski definition) is 8. The van der Waals surface area contributed by atoms with Crippen molar-refractivity contribution in [2.75, 3.05) is 15.8 Å². The Bertz CT molecular complexity index is 742. The van der Waals surface area contributed by atoms with Crippen molar-refractivity contribution in [3.05, 3.63) is 18.5 Å². The molecule has 0 saturated heterocycles. The van der Waals surface area contributed by atoms with Crippen LogP contribution in [0.4, 0.5) is 16.5 Å². The summed E-state index contributed by atoms with van der Waals surface area (Å²) in [6.45, 7) is 1.28. The summed E-state index contributed by atoms with van der Waals surface area (Å²) < 4.78 is 26.1. The number of pyridine rings is 1. The van der Waals surface area contributed by atoms with Crippen molar-refractivity contribution in [1.82, 2.24) is 15.2 Å². The van der Waals surface area contributed by atoms with Crippen LogP contribution >= 0.6 is 11.3 Å². The Morgan fingerprint density at radius 3 is 2.80 bits per heavy atom. The molecule has 0 fully saturated rings. The van der Waals surface area contributed by atoms with Crippen molar-refractivity contribution in [3.63, 3.8) is 0 Å². The van der Waals surface area contributed by atoms with E-state index in [4.69, 9.17) is 5.73 Å². The molecule has 9 nitrogen and oxygen atoms in total. The van der Waals surface area contributed by atoms with Gasteiger partial charge in [0, 0.05) is 13.1 Å². The van der Waals surface area contributed by atoms with E-state index in [2.05, 4.69) is 25.2 Å². The molecule has 0 unspecified atom stereocenters. The zero-order valence-electron chi connectivity index (χ0n) is 10.2. The lowest BCUT2D eigenvalue weighted by Gasteiger charge is -2.06. The summed E-state index contributed by atoms with van der Waals surface area (Å²) in [6.07, 6.45) is 2.72. The lowest BCUT2D eigenvalue weighted by molar-refractivity contribution is -0.114. The molecule has 2 aromatic rings. The first-order valence-electron chi connectivity index (χ1n) is 5.22. The van der Waals surface area contributed by atoms with E-state index >= 15 is 0 Å². The van der Waals surface area contributed by atoms with Gasteiger partial charge in [-0.15, -0.1) is 10.2 Å². The van der Waals surface area contributed by atoms with Crippen LogP contribution in [-0.2, 0) is 14.8 Å². The second-order valence-corrected chi connectivity index (χ2v) is 6.46. The van der Waals surface area contributed by atoms with Gasteiger partial charge >= 0.3 is 0 Å². The van der Waals surface area contributed by atoms with Gasteiger partial charge < -0.3 is 11.1 Å². The van der Waals surface area contributed by atoms with E-state index in [1.165, 1.54) is 25.4 Å². The van der Waals surface area contributed by atoms with E-state index in [1.54, 1.807) is 0 Å². The molecular weight excluding hydrogens is 304 g/mol. The van der Waals surface area contributed by atoms with E-state index in [0.717, 1.165) is 11.3 Å². The largest absolute Gasteiger partial charge is 0.396 e. The minimum atomic E-state index is -3.91. The molecule has 0 aliphatic heterocycles. The van der Waals surface area contributed by atoms with Crippen molar-refractivity contribution in [3.8, 4) is 0 Å². The highest BCUT2D eigenvalue weighted by Gasteiger charge is 2.21.